The van der Waals surface area contributed by atoms with Crippen LogP contribution in [0.3, 0.4) is 0 Å². The van der Waals surface area contributed by atoms with Crippen molar-refractivity contribution in [3.63, 3.8) is 0 Å². The lowest BCUT2D eigenvalue weighted by Crippen LogP contribution is -2.19. The van der Waals surface area contributed by atoms with E-state index >= 15 is 0 Å². The van der Waals surface area contributed by atoms with Gasteiger partial charge in [0, 0.05) is 24.5 Å². The lowest BCUT2D eigenvalue weighted by Gasteiger charge is -2.04. The lowest BCUT2D eigenvalue weighted by molar-refractivity contribution is 0.622. The highest BCUT2D eigenvalue weighted by molar-refractivity contribution is 7.98. The minimum atomic E-state index is 0.828. The highest BCUT2D eigenvalue weighted by atomic mass is 32.2. The lowest BCUT2D eigenvalue weighted by atomic mass is 10.3. The molecule has 0 aromatic carbocycles. The van der Waals surface area contributed by atoms with E-state index in [0.29, 0.717) is 0 Å². The van der Waals surface area contributed by atoms with E-state index in [1.54, 1.807) is 11.8 Å². The first-order valence-electron chi connectivity index (χ1n) is 5.07. The van der Waals surface area contributed by atoms with Gasteiger partial charge in [0.25, 0.3) is 0 Å². The molecule has 1 rings (SSSR count). The summed E-state index contributed by atoms with van der Waals surface area (Å²) in [6.07, 6.45) is 6.87. The van der Waals surface area contributed by atoms with Crippen LogP contribution in [-0.2, 0) is 6.54 Å². The van der Waals surface area contributed by atoms with Crippen LogP contribution in [0.5, 0.6) is 0 Å². The van der Waals surface area contributed by atoms with Crippen molar-refractivity contribution < 1.29 is 0 Å². The fraction of sp³-hybridized carbons (Fsp3) is 0.600. The molecule has 0 fully saturated rings. The smallest absolute Gasteiger partial charge is 0.187 e. The van der Waals surface area contributed by atoms with Crippen LogP contribution < -0.4 is 10.6 Å². The van der Waals surface area contributed by atoms with E-state index in [2.05, 4.69) is 20.6 Å². The average molecular weight is 226 g/mol. The van der Waals surface area contributed by atoms with Crippen LogP contribution in [0, 0.1) is 0 Å². The van der Waals surface area contributed by atoms with Crippen LogP contribution in [0.2, 0.25) is 0 Å². The standard InChI is InChI=1S/C10H18N4S/c1-11-4-3-5-12-6-9-7-13-10(15-2)14-8-9/h7-8,11-12H,3-6H2,1-2H3. The Morgan fingerprint density at radius 2 is 2.00 bits per heavy atom. The van der Waals surface area contributed by atoms with Gasteiger partial charge < -0.3 is 10.6 Å². The predicted octanol–water partition coefficient (Wildman–Crippen LogP) is 0.898. The summed E-state index contributed by atoms with van der Waals surface area (Å²) >= 11 is 1.56. The molecule has 5 heteroatoms. The zero-order valence-corrected chi connectivity index (χ0v) is 10.1. The number of hydrogen-bond donors (Lipinski definition) is 2. The molecule has 0 spiro atoms. The largest absolute Gasteiger partial charge is 0.320 e. The minimum Gasteiger partial charge on any atom is -0.320 e. The Labute approximate surface area is 95.3 Å². The molecule has 4 nitrogen and oxygen atoms in total. The molecule has 0 aliphatic heterocycles. The molecule has 0 amide bonds. The molecular weight excluding hydrogens is 208 g/mol. The van der Waals surface area contributed by atoms with Crippen LogP contribution in [0.4, 0.5) is 0 Å². The molecule has 0 atom stereocenters. The second kappa shape index (κ2) is 7.62. The molecule has 0 saturated heterocycles. The maximum absolute atomic E-state index is 4.21. The summed E-state index contributed by atoms with van der Waals surface area (Å²) in [4.78, 5) is 8.42. The van der Waals surface area contributed by atoms with Gasteiger partial charge in [0.05, 0.1) is 0 Å². The molecule has 1 aromatic rings. The Morgan fingerprint density at radius 1 is 1.27 bits per heavy atom. The van der Waals surface area contributed by atoms with Crippen molar-refractivity contribution in [3.8, 4) is 0 Å². The molecule has 2 N–H and O–H groups in total. The van der Waals surface area contributed by atoms with Crippen LogP contribution in [-0.4, -0.2) is 36.4 Å². The van der Waals surface area contributed by atoms with Gasteiger partial charge in [-0.15, -0.1) is 0 Å². The van der Waals surface area contributed by atoms with E-state index in [9.17, 15) is 0 Å². The predicted molar refractivity (Wildman–Crippen MR) is 64.1 cm³/mol. The molecular formula is C10H18N4S. The molecule has 0 radical (unpaired) electrons. The first-order chi connectivity index (χ1) is 7.36. The second-order valence-corrected chi connectivity index (χ2v) is 3.99. The third-order valence-corrected chi connectivity index (χ3v) is 2.55. The van der Waals surface area contributed by atoms with Crippen LogP contribution >= 0.6 is 11.8 Å². The molecule has 0 bridgehead atoms. The summed E-state index contributed by atoms with van der Waals surface area (Å²) in [6.45, 7) is 2.92. The molecule has 0 aliphatic rings. The number of aromatic nitrogens is 2. The van der Waals surface area contributed by atoms with E-state index in [0.717, 1.165) is 36.8 Å². The van der Waals surface area contributed by atoms with Crippen molar-refractivity contribution in [1.29, 1.82) is 0 Å². The second-order valence-electron chi connectivity index (χ2n) is 3.21. The Morgan fingerprint density at radius 3 is 2.60 bits per heavy atom. The maximum Gasteiger partial charge on any atom is 0.187 e. The summed E-state index contributed by atoms with van der Waals surface area (Å²) in [6, 6.07) is 0. The van der Waals surface area contributed by atoms with Gasteiger partial charge in [0.15, 0.2) is 5.16 Å². The Balaban J connectivity index is 2.20. The Hall–Kier alpha value is -0.650. The van der Waals surface area contributed by atoms with Gasteiger partial charge >= 0.3 is 0 Å². The first-order valence-corrected chi connectivity index (χ1v) is 6.29. The van der Waals surface area contributed by atoms with Gasteiger partial charge in [0.1, 0.15) is 0 Å². The summed E-state index contributed by atoms with van der Waals surface area (Å²) in [5.41, 5.74) is 1.14. The van der Waals surface area contributed by atoms with E-state index in [4.69, 9.17) is 0 Å². The molecule has 1 aromatic heterocycles. The monoisotopic (exact) mass is 226 g/mol. The summed E-state index contributed by atoms with van der Waals surface area (Å²) in [5.74, 6) is 0. The number of nitrogens with one attached hydrogen (secondary N) is 2. The Bertz CT molecular complexity index is 263. The number of rotatable bonds is 7. The van der Waals surface area contributed by atoms with Gasteiger partial charge in [-0.05, 0) is 32.8 Å². The molecule has 15 heavy (non-hydrogen) atoms. The van der Waals surface area contributed by atoms with Crippen LogP contribution in [0.25, 0.3) is 0 Å². The van der Waals surface area contributed by atoms with Crippen molar-refractivity contribution in [3.05, 3.63) is 18.0 Å². The van der Waals surface area contributed by atoms with Gasteiger partial charge in [-0.2, -0.15) is 0 Å². The van der Waals surface area contributed by atoms with Crippen molar-refractivity contribution >= 4 is 11.8 Å². The van der Waals surface area contributed by atoms with E-state index < -0.39 is 0 Å². The normalized spacial score (nSPS) is 10.5. The first kappa shape index (κ1) is 12.4. The van der Waals surface area contributed by atoms with Crippen molar-refractivity contribution in [2.75, 3.05) is 26.4 Å². The maximum atomic E-state index is 4.21. The third kappa shape index (κ3) is 5.11. The number of nitrogens with zero attached hydrogens (tertiary/aromatic N) is 2. The SMILES string of the molecule is CNCCCNCc1cnc(SC)nc1. The van der Waals surface area contributed by atoms with Crippen molar-refractivity contribution in [2.45, 2.75) is 18.1 Å². The summed E-state index contributed by atoms with van der Waals surface area (Å²) in [5, 5.41) is 7.29. The third-order valence-electron chi connectivity index (χ3n) is 1.97. The molecule has 84 valence electrons. The zero-order chi connectivity index (χ0) is 10.9. The molecule has 0 aliphatic carbocycles. The fourth-order valence-electron chi connectivity index (χ4n) is 1.16. The summed E-state index contributed by atoms with van der Waals surface area (Å²) < 4.78 is 0. The topological polar surface area (TPSA) is 49.8 Å². The van der Waals surface area contributed by atoms with Gasteiger partial charge in [-0.25, -0.2) is 9.97 Å². The molecule has 1 heterocycles. The van der Waals surface area contributed by atoms with Crippen LogP contribution in [0.15, 0.2) is 17.6 Å². The van der Waals surface area contributed by atoms with Crippen molar-refractivity contribution in [2.24, 2.45) is 0 Å². The highest BCUT2D eigenvalue weighted by Gasteiger charge is 1.95. The minimum absolute atomic E-state index is 0.828. The van der Waals surface area contributed by atoms with Gasteiger partial charge in [-0.1, -0.05) is 11.8 Å². The summed E-state index contributed by atoms with van der Waals surface area (Å²) in [7, 11) is 1.97. The average Bonchev–Trinajstić information content (AvgIpc) is 2.30. The highest BCUT2D eigenvalue weighted by Crippen LogP contribution is 2.06. The molecule has 0 saturated carbocycles. The molecule has 0 unspecified atom stereocenters. The van der Waals surface area contributed by atoms with Crippen LogP contribution in [0.1, 0.15) is 12.0 Å². The quantitative estimate of drug-likeness (QED) is 0.411. The van der Waals surface area contributed by atoms with Crippen molar-refractivity contribution in [1.82, 2.24) is 20.6 Å². The number of thioether (sulfide) groups is 1. The van der Waals surface area contributed by atoms with E-state index in [-0.39, 0.29) is 0 Å². The van der Waals surface area contributed by atoms with Gasteiger partial charge in [0.2, 0.25) is 0 Å². The van der Waals surface area contributed by atoms with Gasteiger partial charge in [-0.3, -0.25) is 0 Å². The van der Waals surface area contributed by atoms with E-state index in [1.165, 1.54) is 0 Å². The Kier molecular flexibility index (Phi) is 6.31. The van der Waals surface area contributed by atoms with E-state index in [1.807, 2.05) is 25.7 Å². The number of hydrogen-bond acceptors (Lipinski definition) is 5. The fourth-order valence-corrected chi connectivity index (χ4v) is 1.48. The zero-order valence-electron chi connectivity index (χ0n) is 9.29.